The van der Waals surface area contributed by atoms with E-state index in [9.17, 15) is 18.0 Å². The van der Waals surface area contributed by atoms with E-state index >= 15 is 0 Å². The van der Waals surface area contributed by atoms with Crippen molar-refractivity contribution in [3.8, 4) is 5.75 Å². The first-order chi connectivity index (χ1) is 11.4. The van der Waals surface area contributed by atoms with Crippen molar-refractivity contribution in [1.82, 2.24) is 0 Å². The van der Waals surface area contributed by atoms with Gasteiger partial charge >= 0.3 is 13.3 Å². The van der Waals surface area contributed by atoms with E-state index in [1.807, 2.05) is 27.7 Å². The van der Waals surface area contributed by atoms with Crippen LogP contribution in [0.2, 0.25) is 0 Å². The Morgan fingerprint density at radius 2 is 1.76 bits per heavy atom. The molecule has 0 aromatic heterocycles. The third-order valence-electron chi connectivity index (χ3n) is 4.79. The molecule has 2 heterocycles. The van der Waals surface area contributed by atoms with Crippen molar-refractivity contribution in [1.29, 1.82) is 0 Å². The van der Waals surface area contributed by atoms with Gasteiger partial charge < -0.3 is 14.0 Å². The minimum Gasteiger partial charge on any atom is -0.482 e. The molecule has 0 saturated carbocycles. The molecule has 5 nitrogen and oxygen atoms in total. The summed E-state index contributed by atoms with van der Waals surface area (Å²) in [7, 11) is -0.736. The van der Waals surface area contributed by atoms with Crippen molar-refractivity contribution in [2.24, 2.45) is 0 Å². The Morgan fingerprint density at radius 1 is 1.16 bits per heavy atom. The van der Waals surface area contributed by atoms with E-state index in [2.05, 4.69) is 0 Å². The lowest BCUT2D eigenvalue weighted by atomic mass is 9.78. The van der Waals surface area contributed by atoms with Crippen molar-refractivity contribution in [2.75, 3.05) is 18.1 Å². The molecule has 1 fully saturated rings. The maximum Gasteiger partial charge on any atom is 0.494 e. The molecule has 0 N–H and O–H groups in total. The number of carbonyl (C=O) groups excluding carboxylic acids is 1. The van der Waals surface area contributed by atoms with E-state index in [1.165, 1.54) is 12.1 Å². The van der Waals surface area contributed by atoms with Gasteiger partial charge in [0.25, 0.3) is 5.91 Å². The molecular weight excluding hydrogens is 338 g/mol. The van der Waals surface area contributed by atoms with Gasteiger partial charge in [0, 0.05) is 0 Å². The normalized spacial score (nSPS) is 22.0. The lowest BCUT2D eigenvalue weighted by molar-refractivity contribution is -0.134. The first-order valence-corrected chi connectivity index (χ1v) is 7.89. The number of nitrogens with zero attached hydrogens (tertiary/aromatic N) is 1. The highest BCUT2D eigenvalue weighted by Crippen LogP contribution is 2.38. The first-order valence-electron chi connectivity index (χ1n) is 7.89. The van der Waals surface area contributed by atoms with Crippen LogP contribution >= 0.6 is 0 Å². The number of amides is 1. The van der Waals surface area contributed by atoms with Crippen LogP contribution in [-0.2, 0) is 14.1 Å². The molecule has 0 spiro atoms. The molecule has 0 unspecified atom stereocenters. The van der Waals surface area contributed by atoms with Crippen LogP contribution in [0.3, 0.4) is 0 Å². The number of carbonyl (C=O) groups is 1. The lowest BCUT2D eigenvalue weighted by Gasteiger charge is -2.32. The predicted molar refractivity (Wildman–Crippen MR) is 86.1 cm³/mol. The monoisotopic (exact) mass is 357 g/mol. The molecule has 2 aliphatic rings. The van der Waals surface area contributed by atoms with Gasteiger partial charge in [-0.05, 0) is 45.3 Å². The van der Waals surface area contributed by atoms with E-state index in [1.54, 1.807) is 6.07 Å². The summed E-state index contributed by atoms with van der Waals surface area (Å²) in [6.45, 7) is 5.75. The summed E-state index contributed by atoms with van der Waals surface area (Å²) in [6, 6.07) is 4.66. The standard InChI is InChI=1S/C16H19BF3NO4/c1-14(2)15(3,4)25-17(24-14)10-5-6-12-11(7-10)21(9-16(18,19)20)13(22)8-23-12/h5-7H,8-9H2,1-4H3. The summed E-state index contributed by atoms with van der Waals surface area (Å²) in [4.78, 5) is 12.6. The number of ether oxygens (including phenoxy) is 1. The number of alkyl halides is 3. The number of benzene rings is 1. The van der Waals surface area contributed by atoms with Gasteiger partial charge in [-0.3, -0.25) is 9.69 Å². The van der Waals surface area contributed by atoms with Gasteiger partial charge in [-0.15, -0.1) is 0 Å². The Morgan fingerprint density at radius 3 is 2.32 bits per heavy atom. The number of hydrogen-bond donors (Lipinski definition) is 0. The molecule has 0 radical (unpaired) electrons. The second kappa shape index (κ2) is 5.64. The minimum atomic E-state index is -4.51. The van der Waals surface area contributed by atoms with E-state index < -0.39 is 43.6 Å². The molecule has 0 atom stereocenters. The zero-order valence-corrected chi connectivity index (χ0v) is 14.4. The van der Waals surface area contributed by atoms with Crippen LogP contribution in [0.4, 0.5) is 18.9 Å². The molecule has 1 amide bonds. The van der Waals surface area contributed by atoms with E-state index in [-0.39, 0.29) is 11.4 Å². The highest BCUT2D eigenvalue weighted by Gasteiger charge is 2.52. The van der Waals surface area contributed by atoms with E-state index in [4.69, 9.17) is 14.0 Å². The molecule has 1 saturated heterocycles. The Labute approximate surface area is 144 Å². The van der Waals surface area contributed by atoms with Crippen LogP contribution in [0, 0.1) is 0 Å². The van der Waals surface area contributed by atoms with Crippen molar-refractivity contribution in [3.63, 3.8) is 0 Å². The molecule has 1 aromatic carbocycles. The van der Waals surface area contributed by atoms with Crippen LogP contribution in [0.15, 0.2) is 18.2 Å². The van der Waals surface area contributed by atoms with Gasteiger partial charge in [0.2, 0.25) is 0 Å². The summed E-state index contributed by atoms with van der Waals surface area (Å²) >= 11 is 0. The number of anilines is 1. The molecule has 9 heteroatoms. The van der Waals surface area contributed by atoms with Crippen molar-refractivity contribution < 1.29 is 32.0 Å². The van der Waals surface area contributed by atoms with Crippen molar-refractivity contribution in [3.05, 3.63) is 18.2 Å². The molecule has 0 bridgehead atoms. The van der Waals surface area contributed by atoms with Gasteiger partial charge in [0.05, 0.1) is 16.9 Å². The Hall–Kier alpha value is -1.74. The molecule has 2 aliphatic heterocycles. The van der Waals surface area contributed by atoms with Crippen LogP contribution in [0.1, 0.15) is 27.7 Å². The first kappa shape index (κ1) is 18.1. The van der Waals surface area contributed by atoms with Crippen LogP contribution in [0.25, 0.3) is 0 Å². The molecular formula is C16H19BF3NO4. The second-order valence-corrected chi connectivity index (χ2v) is 7.20. The Balaban J connectivity index is 1.95. The van der Waals surface area contributed by atoms with Crippen molar-refractivity contribution >= 4 is 24.2 Å². The van der Waals surface area contributed by atoms with Gasteiger partial charge in [-0.25, -0.2) is 0 Å². The summed E-state index contributed by atoms with van der Waals surface area (Å²) < 4.78 is 55.6. The Kier molecular flexibility index (Phi) is 4.07. The number of halogens is 3. The van der Waals surface area contributed by atoms with Gasteiger partial charge in [-0.2, -0.15) is 13.2 Å². The highest BCUT2D eigenvalue weighted by atomic mass is 19.4. The van der Waals surface area contributed by atoms with E-state index in [0.717, 1.165) is 0 Å². The number of hydrogen-bond acceptors (Lipinski definition) is 4. The minimum absolute atomic E-state index is 0.0702. The fourth-order valence-corrected chi connectivity index (χ4v) is 2.70. The van der Waals surface area contributed by atoms with Gasteiger partial charge in [0.1, 0.15) is 12.3 Å². The average Bonchev–Trinajstić information content (AvgIpc) is 2.69. The summed E-state index contributed by atoms with van der Waals surface area (Å²) in [5.41, 5.74) is -0.555. The van der Waals surface area contributed by atoms with Crippen molar-refractivity contribution in [2.45, 2.75) is 45.1 Å². The van der Waals surface area contributed by atoms with Gasteiger partial charge in [-0.1, -0.05) is 6.07 Å². The molecule has 136 valence electrons. The van der Waals surface area contributed by atoms with Gasteiger partial charge in [0.15, 0.2) is 6.61 Å². The fraction of sp³-hybridized carbons (Fsp3) is 0.562. The third kappa shape index (κ3) is 3.35. The summed E-state index contributed by atoms with van der Waals surface area (Å²) in [6.07, 6.45) is -4.51. The van der Waals surface area contributed by atoms with Crippen LogP contribution in [0.5, 0.6) is 5.75 Å². The maximum absolute atomic E-state index is 12.8. The predicted octanol–water partition coefficient (Wildman–Crippen LogP) is 2.27. The maximum atomic E-state index is 12.8. The van der Waals surface area contributed by atoms with Crippen LogP contribution in [-0.4, -0.2) is 43.6 Å². The zero-order valence-electron chi connectivity index (χ0n) is 14.4. The average molecular weight is 357 g/mol. The Bertz CT molecular complexity index is 689. The molecule has 3 rings (SSSR count). The number of rotatable bonds is 2. The fourth-order valence-electron chi connectivity index (χ4n) is 2.70. The second-order valence-electron chi connectivity index (χ2n) is 7.20. The highest BCUT2D eigenvalue weighted by molar-refractivity contribution is 6.62. The van der Waals surface area contributed by atoms with Crippen LogP contribution < -0.4 is 15.1 Å². The smallest absolute Gasteiger partial charge is 0.482 e. The molecule has 25 heavy (non-hydrogen) atoms. The zero-order chi connectivity index (χ0) is 18.6. The summed E-state index contributed by atoms with van der Waals surface area (Å²) in [5, 5.41) is 0. The number of fused-ring (bicyclic) bond motifs is 1. The third-order valence-corrected chi connectivity index (χ3v) is 4.79. The SMILES string of the molecule is CC1(C)OB(c2ccc3c(c2)N(CC(F)(F)F)C(=O)CO3)OC1(C)C. The molecule has 0 aliphatic carbocycles. The quantitative estimate of drug-likeness (QED) is 0.762. The molecule has 1 aromatic rings. The summed E-state index contributed by atoms with van der Waals surface area (Å²) in [5.74, 6) is -0.514. The van der Waals surface area contributed by atoms with E-state index in [0.29, 0.717) is 10.4 Å². The largest absolute Gasteiger partial charge is 0.494 e. The lowest BCUT2D eigenvalue weighted by Crippen LogP contribution is -2.45. The topological polar surface area (TPSA) is 48.0 Å².